The van der Waals surface area contributed by atoms with E-state index < -0.39 is 0 Å². The second-order valence-corrected chi connectivity index (χ2v) is 7.92. The van der Waals surface area contributed by atoms with Crippen molar-refractivity contribution in [3.05, 3.63) is 41.2 Å². The molecular weight excluding hydrogens is 375 g/mol. The molecule has 0 spiro atoms. The van der Waals surface area contributed by atoms with Gasteiger partial charge >= 0.3 is 0 Å². The van der Waals surface area contributed by atoms with Gasteiger partial charge in [-0.1, -0.05) is 11.6 Å². The first-order valence-electron chi connectivity index (χ1n) is 4.63. The largest absolute Gasteiger partial charge is 0.271 e. The van der Waals surface area contributed by atoms with Crippen LogP contribution in [0.5, 0.6) is 0 Å². The van der Waals surface area contributed by atoms with Crippen LogP contribution in [0.1, 0.15) is 16.5 Å². The fourth-order valence-corrected chi connectivity index (χ4v) is 4.00. The standard InChI is InChI=1S/C10H10ClIN2S2/c11-9-2-1-7(16-9)4-8(14-13)6-3-10(12)15-5-6/h1-3,5,8,14H,4,13H2. The van der Waals surface area contributed by atoms with Crippen molar-refractivity contribution >= 4 is 56.9 Å². The molecule has 3 N–H and O–H groups in total. The molecule has 2 rings (SSSR count). The Hall–Kier alpha value is 0.340. The van der Waals surface area contributed by atoms with Crippen LogP contribution in [-0.4, -0.2) is 0 Å². The van der Waals surface area contributed by atoms with E-state index in [1.54, 1.807) is 22.7 Å². The zero-order chi connectivity index (χ0) is 11.5. The van der Waals surface area contributed by atoms with Gasteiger partial charge in [0.1, 0.15) is 0 Å². The molecule has 0 bridgehead atoms. The Bertz CT molecular complexity index is 469. The number of nitrogens with one attached hydrogen (secondary N) is 1. The molecule has 0 saturated carbocycles. The molecule has 2 heterocycles. The highest BCUT2D eigenvalue weighted by atomic mass is 127. The fourth-order valence-electron chi connectivity index (χ4n) is 1.44. The highest BCUT2D eigenvalue weighted by Gasteiger charge is 2.13. The van der Waals surface area contributed by atoms with Gasteiger partial charge in [0.05, 0.1) is 13.3 Å². The van der Waals surface area contributed by atoms with Gasteiger partial charge in [0.2, 0.25) is 0 Å². The zero-order valence-electron chi connectivity index (χ0n) is 8.24. The molecule has 0 aromatic carbocycles. The van der Waals surface area contributed by atoms with Crippen molar-refractivity contribution in [2.24, 2.45) is 5.84 Å². The van der Waals surface area contributed by atoms with Crippen LogP contribution in [0.3, 0.4) is 0 Å². The average molecular weight is 385 g/mol. The van der Waals surface area contributed by atoms with Crippen LogP contribution in [0.15, 0.2) is 23.6 Å². The summed E-state index contributed by atoms with van der Waals surface area (Å²) in [7, 11) is 0. The predicted octanol–water partition coefficient (Wildman–Crippen LogP) is 3.81. The maximum Gasteiger partial charge on any atom is 0.0931 e. The zero-order valence-corrected chi connectivity index (χ0v) is 12.8. The summed E-state index contributed by atoms with van der Waals surface area (Å²) in [5.74, 6) is 5.59. The number of hydrazine groups is 1. The van der Waals surface area contributed by atoms with E-state index in [2.05, 4.69) is 45.5 Å². The van der Waals surface area contributed by atoms with Crippen LogP contribution < -0.4 is 11.3 Å². The lowest BCUT2D eigenvalue weighted by atomic mass is 10.1. The van der Waals surface area contributed by atoms with Gasteiger partial charge in [0.25, 0.3) is 0 Å². The van der Waals surface area contributed by atoms with E-state index in [0.717, 1.165) is 10.8 Å². The van der Waals surface area contributed by atoms with Crippen LogP contribution >= 0.6 is 56.9 Å². The molecule has 0 aliphatic heterocycles. The van der Waals surface area contributed by atoms with E-state index in [0.29, 0.717) is 0 Å². The monoisotopic (exact) mass is 384 g/mol. The van der Waals surface area contributed by atoms with Crippen LogP contribution in [-0.2, 0) is 6.42 Å². The van der Waals surface area contributed by atoms with Crippen molar-refractivity contribution < 1.29 is 0 Å². The van der Waals surface area contributed by atoms with E-state index in [1.807, 2.05) is 6.07 Å². The van der Waals surface area contributed by atoms with Crippen molar-refractivity contribution in [2.75, 3.05) is 0 Å². The van der Waals surface area contributed by atoms with Crippen molar-refractivity contribution in [3.63, 3.8) is 0 Å². The predicted molar refractivity (Wildman–Crippen MR) is 80.1 cm³/mol. The van der Waals surface area contributed by atoms with Crippen molar-refractivity contribution in [1.82, 2.24) is 5.43 Å². The van der Waals surface area contributed by atoms with Crippen molar-refractivity contribution in [2.45, 2.75) is 12.5 Å². The number of nitrogens with two attached hydrogens (primary N) is 1. The summed E-state index contributed by atoms with van der Waals surface area (Å²) in [5.41, 5.74) is 4.09. The van der Waals surface area contributed by atoms with Gasteiger partial charge in [-0.2, -0.15) is 0 Å². The maximum absolute atomic E-state index is 5.90. The quantitative estimate of drug-likeness (QED) is 0.478. The number of thiophene rings is 2. The van der Waals surface area contributed by atoms with E-state index in [9.17, 15) is 0 Å². The summed E-state index contributed by atoms with van der Waals surface area (Å²) in [6.07, 6.45) is 0.876. The number of hydrogen-bond donors (Lipinski definition) is 2. The third-order valence-corrected chi connectivity index (χ3v) is 5.29. The normalized spacial score (nSPS) is 12.9. The van der Waals surface area contributed by atoms with E-state index in [4.69, 9.17) is 17.4 Å². The summed E-state index contributed by atoms with van der Waals surface area (Å²) in [6, 6.07) is 6.29. The number of halogens is 2. The lowest BCUT2D eigenvalue weighted by Crippen LogP contribution is -2.29. The molecule has 1 atom stereocenters. The highest BCUT2D eigenvalue weighted by Crippen LogP contribution is 2.28. The molecule has 0 saturated heterocycles. The third-order valence-electron chi connectivity index (χ3n) is 2.23. The van der Waals surface area contributed by atoms with E-state index in [1.165, 1.54) is 13.3 Å². The molecule has 0 aliphatic carbocycles. The molecule has 0 amide bonds. The van der Waals surface area contributed by atoms with Gasteiger partial charge in [-0.3, -0.25) is 11.3 Å². The summed E-state index contributed by atoms with van der Waals surface area (Å²) >= 11 is 11.6. The summed E-state index contributed by atoms with van der Waals surface area (Å²) < 4.78 is 2.10. The minimum Gasteiger partial charge on any atom is -0.271 e. The molecule has 2 nitrogen and oxygen atoms in total. The Morgan fingerprint density at radius 1 is 1.50 bits per heavy atom. The Labute approximate surface area is 121 Å². The van der Waals surface area contributed by atoms with Gasteiger partial charge in [-0.25, -0.2) is 0 Å². The van der Waals surface area contributed by atoms with E-state index in [-0.39, 0.29) is 6.04 Å². The molecule has 16 heavy (non-hydrogen) atoms. The SMILES string of the molecule is NNC(Cc1ccc(Cl)s1)c1csc(I)c1. The number of rotatable bonds is 4. The Kier molecular flexibility index (Phi) is 4.63. The number of hydrogen-bond acceptors (Lipinski definition) is 4. The van der Waals surface area contributed by atoms with Crippen LogP contribution in [0.25, 0.3) is 0 Å². The van der Waals surface area contributed by atoms with Gasteiger partial charge in [0.15, 0.2) is 0 Å². The van der Waals surface area contributed by atoms with Gasteiger partial charge < -0.3 is 0 Å². The Morgan fingerprint density at radius 2 is 2.31 bits per heavy atom. The molecule has 2 aromatic rings. The first-order valence-corrected chi connectivity index (χ1v) is 7.78. The van der Waals surface area contributed by atoms with Crippen LogP contribution in [0.4, 0.5) is 0 Å². The minimum absolute atomic E-state index is 0.162. The molecule has 0 radical (unpaired) electrons. The van der Waals surface area contributed by atoms with Crippen LogP contribution in [0, 0.1) is 2.88 Å². The third kappa shape index (κ3) is 3.18. The summed E-state index contributed by atoms with van der Waals surface area (Å²) in [4.78, 5) is 1.24. The van der Waals surface area contributed by atoms with Gasteiger partial charge in [0, 0.05) is 11.3 Å². The summed E-state index contributed by atoms with van der Waals surface area (Å²) in [5, 5.41) is 2.14. The average Bonchev–Trinajstić information content (AvgIpc) is 2.84. The summed E-state index contributed by atoms with van der Waals surface area (Å²) in [6.45, 7) is 0. The molecule has 2 aromatic heterocycles. The molecule has 0 fully saturated rings. The van der Waals surface area contributed by atoms with Crippen molar-refractivity contribution in [1.29, 1.82) is 0 Å². The fraction of sp³-hybridized carbons (Fsp3) is 0.200. The molecule has 6 heteroatoms. The highest BCUT2D eigenvalue weighted by molar-refractivity contribution is 14.1. The second-order valence-electron chi connectivity index (χ2n) is 3.31. The lowest BCUT2D eigenvalue weighted by Gasteiger charge is -2.13. The second kappa shape index (κ2) is 5.79. The van der Waals surface area contributed by atoms with Gasteiger partial charge in [-0.15, -0.1) is 22.7 Å². The molecular formula is C10H10ClIN2S2. The first-order chi connectivity index (χ1) is 7.69. The molecule has 1 unspecified atom stereocenters. The minimum atomic E-state index is 0.162. The van der Waals surface area contributed by atoms with Gasteiger partial charge in [-0.05, 0) is 51.7 Å². The smallest absolute Gasteiger partial charge is 0.0931 e. The van der Waals surface area contributed by atoms with E-state index >= 15 is 0 Å². The first kappa shape index (κ1) is 12.8. The van der Waals surface area contributed by atoms with Crippen LogP contribution in [0.2, 0.25) is 4.34 Å². The van der Waals surface area contributed by atoms with Crippen molar-refractivity contribution in [3.8, 4) is 0 Å². The maximum atomic E-state index is 5.90. The lowest BCUT2D eigenvalue weighted by molar-refractivity contribution is 0.557. The Balaban J connectivity index is 2.12. The molecule has 86 valence electrons. The topological polar surface area (TPSA) is 38.0 Å². The molecule has 0 aliphatic rings. The Morgan fingerprint density at radius 3 is 2.81 bits per heavy atom.